The molecule has 1 amide bonds. The lowest BCUT2D eigenvalue weighted by atomic mass is 10.1. The Morgan fingerprint density at radius 1 is 1.47 bits per heavy atom. The number of benzene rings is 1. The van der Waals surface area contributed by atoms with Crippen LogP contribution in [0.5, 0.6) is 0 Å². The van der Waals surface area contributed by atoms with Gasteiger partial charge in [-0.25, -0.2) is 17.9 Å². The third kappa shape index (κ3) is 3.10. The number of sulfonamides is 1. The number of halogens is 1. The fourth-order valence-electron chi connectivity index (χ4n) is 2.34. The van der Waals surface area contributed by atoms with Crippen LogP contribution in [0.3, 0.4) is 0 Å². The molecule has 1 saturated heterocycles. The van der Waals surface area contributed by atoms with Gasteiger partial charge < -0.3 is 4.90 Å². The first-order chi connectivity index (χ1) is 8.78. The van der Waals surface area contributed by atoms with E-state index in [2.05, 4.69) is 0 Å². The van der Waals surface area contributed by atoms with Crippen LogP contribution in [0.4, 0.5) is 10.1 Å². The van der Waals surface area contributed by atoms with Crippen LogP contribution in [0.1, 0.15) is 12.0 Å². The summed E-state index contributed by atoms with van der Waals surface area (Å²) in [6.07, 6.45) is 0.117. The van der Waals surface area contributed by atoms with Gasteiger partial charge in [-0.1, -0.05) is 6.07 Å². The van der Waals surface area contributed by atoms with Gasteiger partial charge in [-0.3, -0.25) is 4.79 Å². The molecule has 1 aromatic rings. The zero-order valence-electron chi connectivity index (χ0n) is 10.5. The molecule has 1 unspecified atom stereocenters. The first-order valence-electron chi connectivity index (χ1n) is 5.84. The molecule has 1 aliphatic rings. The molecular formula is C12H15FN2O3S. The number of rotatable bonds is 3. The Labute approximate surface area is 111 Å². The van der Waals surface area contributed by atoms with Crippen molar-refractivity contribution in [3.63, 3.8) is 0 Å². The number of carbonyl (C=O) groups excluding carboxylic acids is 1. The van der Waals surface area contributed by atoms with Gasteiger partial charge in [0.2, 0.25) is 15.9 Å². The lowest BCUT2D eigenvalue weighted by molar-refractivity contribution is -0.117. The second-order valence-corrected chi connectivity index (χ2v) is 6.45. The predicted molar refractivity (Wildman–Crippen MR) is 69.6 cm³/mol. The van der Waals surface area contributed by atoms with Crippen molar-refractivity contribution in [1.82, 2.24) is 0 Å². The summed E-state index contributed by atoms with van der Waals surface area (Å²) in [4.78, 5) is 13.3. The molecular weight excluding hydrogens is 271 g/mol. The molecule has 2 N–H and O–H groups in total. The van der Waals surface area contributed by atoms with Crippen LogP contribution in [0.15, 0.2) is 18.2 Å². The van der Waals surface area contributed by atoms with Crippen LogP contribution in [-0.2, 0) is 14.8 Å². The predicted octanol–water partition coefficient (Wildman–Crippen LogP) is 0.776. The lowest BCUT2D eigenvalue weighted by Gasteiger charge is -2.19. The molecule has 0 spiro atoms. The van der Waals surface area contributed by atoms with Crippen LogP contribution in [-0.4, -0.2) is 26.6 Å². The molecule has 0 radical (unpaired) electrons. The second kappa shape index (κ2) is 4.90. The van der Waals surface area contributed by atoms with Crippen LogP contribution in [0.25, 0.3) is 0 Å². The number of anilines is 1. The van der Waals surface area contributed by atoms with E-state index in [0.717, 1.165) is 0 Å². The van der Waals surface area contributed by atoms with Gasteiger partial charge in [0.05, 0.1) is 5.75 Å². The van der Waals surface area contributed by atoms with Gasteiger partial charge in [-0.05, 0) is 19.1 Å². The fourth-order valence-corrected chi connectivity index (χ4v) is 3.22. The van der Waals surface area contributed by atoms with Gasteiger partial charge in [0.25, 0.3) is 0 Å². The highest BCUT2D eigenvalue weighted by Gasteiger charge is 2.33. The summed E-state index contributed by atoms with van der Waals surface area (Å²) < 4.78 is 35.6. The molecule has 5 nitrogen and oxygen atoms in total. The van der Waals surface area contributed by atoms with E-state index in [-0.39, 0.29) is 36.4 Å². The minimum absolute atomic E-state index is 0.117. The average Bonchev–Trinajstić information content (AvgIpc) is 2.61. The molecule has 0 saturated carbocycles. The second-order valence-electron chi connectivity index (χ2n) is 4.79. The van der Waals surface area contributed by atoms with Crippen molar-refractivity contribution in [2.24, 2.45) is 11.1 Å². The van der Waals surface area contributed by atoms with E-state index in [1.165, 1.54) is 17.0 Å². The highest BCUT2D eigenvalue weighted by molar-refractivity contribution is 7.89. The summed E-state index contributed by atoms with van der Waals surface area (Å²) in [7, 11) is -3.61. The Balaban J connectivity index is 2.23. The van der Waals surface area contributed by atoms with Crippen LogP contribution < -0.4 is 10.0 Å². The number of carbonyl (C=O) groups is 1. The van der Waals surface area contributed by atoms with Crippen molar-refractivity contribution in [1.29, 1.82) is 0 Å². The molecule has 19 heavy (non-hydrogen) atoms. The number of amides is 1. The van der Waals surface area contributed by atoms with E-state index in [1.54, 1.807) is 13.0 Å². The molecule has 0 aromatic heterocycles. The smallest absolute Gasteiger partial charge is 0.227 e. The van der Waals surface area contributed by atoms with Gasteiger partial charge in [0.15, 0.2) is 0 Å². The van der Waals surface area contributed by atoms with Crippen molar-refractivity contribution in [3.8, 4) is 0 Å². The molecule has 2 rings (SSSR count). The van der Waals surface area contributed by atoms with Gasteiger partial charge in [-0.2, -0.15) is 0 Å². The maximum Gasteiger partial charge on any atom is 0.227 e. The highest BCUT2D eigenvalue weighted by atomic mass is 32.2. The minimum Gasteiger partial charge on any atom is -0.312 e. The summed E-state index contributed by atoms with van der Waals surface area (Å²) >= 11 is 0. The normalized spacial score (nSPS) is 20.1. The van der Waals surface area contributed by atoms with Crippen LogP contribution in [0, 0.1) is 18.7 Å². The van der Waals surface area contributed by atoms with Crippen molar-refractivity contribution >= 4 is 21.6 Å². The van der Waals surface area contributed by atoms with Gasteiger partial charge in [-0.15, -0.1) is 0 Å². The molecule has 1 atom stereocenters. The van der Waals surface area contributed by atoms with E-state index < -0.39 is 10.0 Å². The summed E-state index contributed by atoms with van der Waals surface area (Å²) in [5.74, 6) is -1.17. The average molecular weight is 286 g/mol. The van der Waals surface area contributed by atoms with Crippen LogP contribution in [0.2, 0.25) is 0 Å². The van der Waals surface area contributed by atoms with Gasteiger partial charge in [0.1, 0.15) is 5.82 Å². The standard InChI is InChI=1S/C12H15FN2O3S/c1-8-10(13)3-2-4-11(8)15-6-9(5-12(15)16)7-19(14,17)18/h2-4,9H,5-7H2,1H3,(H2,14,17,18). The monoisotopic (exact) mass is 286 g/mol. The number of hydrogen-bond donors (Lipinski definition) is 1. The molecule has 0 aliphatic carbocycles. The summed E-state index contributed by atoms with van der Waals surface area (Å²) in [6.45, 7) is 1.84. The van der Waals surface area contributed by atoms with E-state index >= 15 is 0 Å². The van der Waals surface area contributed by atoms with Crippen molar-refractivity contribution in [2.45, 2.75) is 13.3 Å². The molecule has 104 valence electrons. The van der Waals surface area contributed by atoms with E-state index in [9.17, 15) is 17.6 Å². The first kappa shape index (κ1) is 14.0. The topological polar surface area (TPSA) is 80.5 Å². The molecule has 0 bridgehead atoms. The zero-order chi connectivity index (χ0) is 14.2. The quantitative estimate of drug-likeness (QED) is 0.891. The van der Waals surface area contributed by atoms with Gasteiger partial charge in [0, 0.05) is 30.1 Å². The maximum absolute atomic E-state index is 13.5. The fraction of sp³-hybridized carbons (Fsp3) is 0.417. The third-order valence-electron chi connectivity index (χ3n) is 3.20. The Kier molecular flexibility index (Phi) is 3.60. The maximum atomic E-state index is 13.5. The molecule has 1 aliphatic heterocycles. The highest BCUT2D eigenvalue weighted by Crippen LogP contribution is 2.29. The van der Waals surface area contributed by atoms with Crippen LogP contribution >= 0.6 is 0 Å². The largest absolute Gasteiger partial charge is 0.312 e. The number of nitrogens with two attached hydrogens (primary N) is 1. The Bertz CT molecular complexity index is 615. The minimum atomic E-state index is -3.61. The molecule has 1 heterocycles. The van der Waals surface area contributed by atoms with Gasteiger partial charge >= 0.3 is 0 Å². The number of primary sulfonamides is 1. The van der Waals surface area contributed by atoms with Crippen molar-refractivity contribution < 1.29 is 17.6 Å². The van der Waals surface area contributed by atoms with E-state index in [0.29, 0.717) is 11.3 Å². The zero-order valence-corrected chi connectivity index (χ0v) is 11.3. The van der Waals surface area contributed by atoms with Crippen molar-refractivity contribution in [3.05, 3.63) is 29.6 Å². The molecule has 1 fully saturated rings. The van der Waals surface area contributed by atoms with E-state index in [4.69, 9.17) is 5.14 Å². The number of nitrogens with zero attached hydrogens (tertiary/aromatic N) is 1. The lowest BCUT2D eigenvalue weighted by Crippen LogP contribution is -2.28. The molecule has 1 aromatic carbocycles. The Morgan fingerprint density at radius 2 is 2.16 bits per heavy atom. The summed E-state index contributed by atoms with van der Waals surface area (Å²) in [5.41, 5.74) is 0.869. The SMILES string of the molecule is Cc1c(F)cccc1N1CC(CS(N)(=O)=O)CC1=O. The summed E-state index contributed by atoms with van der Waals surface area (Å²) in [6, 6.07) is 4.49. The Morgan fingerprint density at radius 3 is 2.79 bits per heavy atom. The third-order valence-corrected chi connectivity index (χ3v) is 4.14. The summed E-state index contributed by atoms with van der Waals surface area (Å²) in [5, 5.41) is 4.98. The van der Waals surface area contributed by atoms with Crippen molar-refractivity contribution in [2.75, 3.05) is 17.2 Å². The number of hydrogen-bond acceptors (Lipinski definition) is 3. The van der Waals surface area contributed by atoms with E-state index in [1.807, 2.05) is 0 Å². The molecule has 7 heteroatoms. The Hall–Kier alpha value is -1.47. The first-order valence-corrected chi connectivity index (χ1v) is 7.55.